The number of alkyl halides is 3. The molecule has 0 aromatic carbocycles. The minimum atomic E-state index is -4.33. The molecule has 0 unspecified atom stereocenters. The van der Waals surface area contributed by atoms with Crippen molar-refractivity contribution in [2.45, 2.75) is 25.8 Å². The van der Waals surface area contributed by atoms with Crippen LogP contribution in [0.2, 0.25) is 0 Å². The van der Waals surface area contributed by atoms with Crippen LogP contribution in [0.4, 0.5) is 13.2 Å². The van der Waals surface area contributed by atoms with Crippen LogP contribution in [-0.2, 0) is 19.6 Å². The van der Waals surface area contributed by atoms with Gasteiger partial charge in [-0.15, -0.1) is 5.10 Å². The fraction of sp³-hybridized carbons (Fsp3) is 0.615. The average Bonchev–Trinajstić information content (AvgIpc) is 3.12. The summed E-state index contributed by atoms with van der Waals surface area (Å²) in [6, 6.07) is 3.78. The summed E-state index contributed by atoms with van der Waals surface area (Å²) in [5, 5.41) is 10.5. The van der Waals surface area contributed by atoms with Gasteiger partial charge >= 0.3 is 6.18 Å². The van der Waals surface area contributed by atoms with Crippen molar-refractivity contribution in [2.24, 2.45) is 0 Å². The third kappa shape index (κ3) is 4.52. The molecule has 0 N–H and O–H groups in total. The summed E-state index contributed by atoms with van der Waals surface area (Å²) in [5.41, 5.74) is 0. The van der Waals surface area contributed by atoms with E-state index in [1.807, 2.05) is 12.1 Å². The molecular weight excluding hydrogens is 313 g/mol. The second-order valence-electron chi connectivity index (χ2n) is 5.50. The Morgan fingerprint density at radius 2 is 1.78 bits per heavy atom. The van der Waals surface area contributed by atoms with E-state index >= 15 is 0 Å². The maximum Gasteiger partial charge on any atom is 0.408 e. The number of nitrogens with zero attached hydrogens (tertiary/aromatic N) is 6. The molecule has 10 heteroatoms. The summed E-state index contributed by atoms with van der Waals surface area (Å²) >= 11 is 0. The van der Waals surface area contributed by atoms with Crippen molar-refractivity contribution >= 4 is 0 Å². The van der Waals surface area contributed by atoms with E-state index in [-0.39, 0.29) is 5.82 Å². The quantitative estimate of drug-likeness (QED) is 0.819. The van der Waals surface area contributed by atoms with Crippen molar-refractivity contribution in [1.29, 1.82) is 0 Å². The first-order valence-corrected chi connectivity index (χ1v) is 7.28. The predicted octanol–water partition coefficient (Wildman–Crippen LogP) is 1.15. The Morgan fingerprint density at radius 3 is 2.39 bits per heavy atom. The molecule has 0 saturated carbocycles. The van der Waals surface area contributed by atoms with Gasteiger partial charge in [-0.3, -0.25) is 9.80 Å². The molecule has 3 rings (SSSR count). The number of halogens is 3. The van der Waals surface area contributed by atoms with Crippen molar-refractivity contribution in [3.63, 3.8) is 0 Å². The normalized spacial score (nSPS) is 17.7. The highest BCUT2D eigenvalue weighted by atomic mass is 19.4. The van der Waals surface area contributed by atoms with Gasteiger partial charge in [-0.25, -0.2) is 4.68 Å². The van der Waals surface area contributed by atoms with Gasteiger partial charge < -0.3 is 4.42 Å². The monoisotopic (exact) mass is 330 g/mol. The zero-order valence-electron chi connectivity index (χ0n) is 12.4. The van der Waals surface area contributed by atoms with E-state index < -0.39 is 12.7 Å². The Morgan fingerprint density at radius 1 is 1.09 bits per heavy atom. The molecule has 0 bridgehead atoms. The van der Waals surface area contributed by atoms with Crippen molar-refractivity contribution in [2.75, 3.05) is 26.2 Å². The van der Waals surface area contributed by atoms with Crippen LogP contribution in [0, 0.1) is 0 Å². The molecular formula is C13H17F3N6O. The molecule has 2 aromatic rings. The molecule has 1 aliphatic heterocycles. The van der Waals surface area contributed by atoms with Crippen molar-refractivity contribution in [3.8, 4) is 0 Å². The van der Waals surface area contributed by atoms with Gasteiger partial charge in [-0.2, -0.15) is 13.2 Å². The van der Waals surface area contributed by atoms with E-state index in [0.717, 1.165) is 43.2 Å². The minimum absolute atomic E-state index is 0.238. The van der Waals surface area contributed by atoms with E-state index in [1.54, 1.807) is 6.26 Å². The maximum absolute atomic E-state index is 12.5. The van der Waals surface area contributed by atoms with Crippen LogP contribution < -0.4 is 0 Å². The van der Waals surface area contributed by atoms with Gasteiger partial charge in [0.05, 0.1) is 19.4 Å². The Kier molecular flexibility index (Phi) is 4.62. The molecule has 1 aliphatic rings. The maximum atomic E-state index is 12.5. The highest BCUT2D eigenvalue weighted by Crippen LogP contribution is 2.18. The van der Waals surface area contributed by atoms with E-state index in [1.165, 1.54) is 0 Å². The van der Waals surface area contributed by atoms with Crippen LogP contribution in [0.1, 0.15) is 11.6 Å². The lowest BCUT2D eigenvalue weighted by molar-refractivity contribution is -0.143. The number of tetrazole rings is 1. The number of piperazine rings is 1. The molecule has 7 nitrogen and oxygen atoms in total. The summed E-state index contributed by atoms with van der Waals surface area (Å²) in [6.45, 7) is 3.04. The van der Waals surface area contributed by atoms with Gasteiger partial charge in [0.15, 0.2) is 5.82 Å². The van der Waals surface area contributed by atoms with Crippen molar-refractivity contribution < 1.29 is 17.6 Å². The van der Waals surface area contributed by atoms with E-state index in [4.69, 9.17) is 4.42 Å². The van der Waals surface area contributed by atoms with Gasteiger partial charge in [0.2, 0.25) is 0 Å². The highest BCUT2D eigenvalue weighted by Gasteiger charge is 2.30. The summed E-state index contributed by atoms with van der Waals surface area (Å²) < 4.78 is 43.5. The average molecular weight is 330 g/mol. The summed E-state index contributed by atoms with van der Waals surface area (Å²) in [7, 11) is 0. The molecule has 0 atom stereocenters. The Hall–Kier alpha value is -1.94. The molecule has 2 aromatic heterocycles. The van der Waals surface area contributed by atoms with Crippen LogP contribution in [-0.4, -0.2) is 62.4 Å². The largest absolute Gasteiger partial charge is 0.468 e. The molecule has 3 heterocycles. The SMILES string of the molecule is FC(F)(F)Cn1nnnc1CN1CCN(Cc2ccco2)CC1. The number of aromatic nitrogens is 4. The van der Waals surface area contributed by atoms with E-state index in [0.29, 0.717) is 6.54 Å². The molecule has 0 radical (unpaired) electrons. The van der Waals surface area contributed by atoms with Crippen LogP contribution in [0.25, 0.3) is 0 Å². The lowest BCUT2D eigenvalue weighted by Crippen LogP contribution is -2.45. The topological polar surface area (TPSA) is 63.2 Å². The second-order valence-corrected chi connectivity index (χ2v) is 5.50. The first kappa shape index (κ1) is 15.9. The fourth-order valence-electron chi connectivity index (χ4n) is 2.56. The van der Waals surface area contributed by atoms with E-state index in [2.05, 4.69) is 25.3 Å². The Bertz CT molecular complexity index is 604. The molecule has 0 spiro atoms. The van der Waals surface area contributed by atoms with Gasteiger partial charge in [0.1, 0.15) is 12.3 Å². The third-order valence-corrected chi connectivity index (χ3v) is 3.72. The number of furan rings is 1. The lowest BCUT2D eigenvalue weighted by Gasteiger charge is -2.33. The molecule has 1 saturated heterocycles. The van der Waals surface area contributed by atoms with Crippen LogP contribution in [0.5, 0.6) is 0 Å². The zero-order valence-corrected chi connectivity index (χ0v) is 12.4. The van der Waals surface area contributed by atoms with Gasteiger partial charge in [0, 0.05) is 26.2 Å². The molecule has 23 heavy (non-hydrogen) atoms. The van der Waals surface area contributed by atoms with E-state index in [9.17, 15) is 13.2 Å². The lowest BCUT2D eigenvalue weighted by atomic mass is 10.3. The molecule has 1 fully saturated rings. The van der Waals surface area contributed by atoms with Crippen molar-refractivity contribution in [1.82, 2.24) is 30.0 Å². The number of hydrogen-bond acceptors (Lipinski definition) is 6. The Balaban J connectivity index is 1.50. The molecule has 0 amide bonds. The first-order valence-electron chi connectivity index (χ1n) is 7.28. The second kappa shape index (κ2) is 6.67. The summed E-state index contributed by atoms with van der Waals surface area (Å²) in [6.07, 6.45) is -2.68. The summed E-state index contributed by atoms with van der Waals surface area (Å²) in [4.78, 5) is 4.30. The van der Waals surface area contributed by atoms with Crippen LogP contribution >= 0.6 is 0 Å². The summed E-state index contributed by atoms with van der Waals surface area (Å²) in [5.74, 6) is 1.15. The minimum Gasteiger partial charge on any atom is -0.468 e. The number of hydrogen-bond donors (Lipinski definition) is 0. The standard InChI is InChI=1S/C13H17F3N6O/c14-13(15,16)10-22-12(17-18-19-22)9-21-5-3-20(4-6-21)8-11-2-1-7-23-11/h1-2,7H,3-6,8-10H2. The number of rotatable bonds is 5. The van der Waals surface area contributed by atoms with Crippen LogP contribution in [0.15, 0.2) is 22.8 Å². The predicted molar refractivity (Wildman–Crippen MR) is 73.1 cm³/mol. The van der Waals surface area contributed by atoms with Gasteiger partial charge in [-0.1, -0.05) is 0 Å². The third-order valence-electron chi connectivity index (χ3n) is 3.72. The zero-order chi connectivity index (χ0) is 16.3. The highest BCUT2D eigenvalue weighted by molar-refractivity contribution is 4.98. The first-order chi connectivity index (χ1) is 11.0. The van der Waals surface area contributed by atoms with Gasteiger partial charge in [0.25, 0.3) is 0 Å². The smallest absolute Gasteiger partial charge is 0.408 e. The fourth-order valence-corrected chi connectivity index (χ4v) is 2.56. The molecule has 126 valence electrons. The van der Waals surface area contributed by atoms with Crippen LogP contribution in [0.3, 0.4) is 0 Å². The van der Waals surface area contributed by atoms with Gasteiger partial charge in [-0.05, 0) is 22.6 Å². The molecule has 0 aliphatic carbocycles. The Labute approximate surface area is 130 Å². The van der Waals surface area contributed by atoms with Crippen molar-refractivity contribution in [3.05, 3.63) is 30.0 Å².